The Morgan fingerprint density at radius 2 is 2.13 bits per heavy atom. The van der Waals surface area contributed by atoms with Gasteiger partial charge in [0, 0.05) is 18.2 Å². The number of ether oxygens (including phenoxy) is 2. The van der Waals surface area contributed by atoms with Crippen LogP contribution in [-0.2, 0) is 11.2 Å². The van der Waals surface area contributed by atoms with Crippen LogP contribution in [0.25, 0.3) is 0 Å². The molecule has 0 spiro atoms. The zero-order valence-corrected chi connectivity index (χ0v) is 9.11. The number of aromatic nitrogens is 2. The first kappa shape index (κ1) is 11.4. The Morgan fingerprint density at radius 1 is 1.40 bits per heavy atom. The van der Waals surface area contributed by atoms with E-state index < -0.39 is 0 Å². The van der Waals surface area contributed by atoms with Gasteiger partial charge in [0.1, 0.15) is 5.78 Å². The molecule has 0 radical (unpaired) electrons. The van der Waals surface area contributed by atoms with Gasteiger partial charge in [0.05, 0.1) is 14.2 Å². The van der Waals surface area contributed by atoms with Crippen molar-refractivity contribution in [2.45, 2.75) is 19.8 Å². The van der Waals surface area contributed by atoms with Crippen molar-refractivity contribution in [1.29, 1.82) is 0 Å². The van der Waals surface area contributed by atoms with Crippen LogP contribution in [0, 0.1) is 0 Å². The van der Waals surface area contributed by atoms with E-state index in [1.807, 2.05) is 0 Å². The zero-order valence-electron chi connectivity index (χ0n) is 9.11. The van der Waals surface area contributed by atoms with Crippen LogP contribution in [0.3, 0.4) is 0 Å². The normalized spacial score (nSPS) is 9.80. The van der Waals surface area contributed by atoms with Crippen molar-refractivity contribution in [2.24, 2.45) is 0 Å². The highest BCUT2D eigenvalue weighted by atomic mass is 16.5. The largest absolute Gasteiger partial charge is 0.481 e. The molecule has 1 rings (SSSR count). The van der Waals surface area contributed by atoms with Crippen molar-refractivity contribution in [3.63, 3.8) is 0 Å². The lowest BCUT2D eigenvalue weighted by molar-refractivity contribution is -0.116. The molecule has 1 aromatic heterocycles. The fourth-order valence-electron chi connectivity index (χ4n) is 1.13. The maximum atomic E-state index is 10.8. The van der Waals surface area contributed by atoms with E-state index in [9.17, 15) is 4.79 Å². The van der Waals surface area contributed by atoms with Gasteiger partial charge in [-0.25, -0.2) is 4.98 Å². The van der Waals surface area contributed by atoms with Crippen LogP contribution in [0.1, 0.15) is 18.9 Å². The Hall–Kier alpha value is -1.65. The molecule has 0 atom stereocenters. The number of Topliss-reactive ketones (excluding diaryl/α,β-unsaturated/α-hetero) is 1. The third kappa shape index (κ3) is 3.19. The van der Waals surface area contributed by atoms with E-state index in [2.05, 4.69) is 9.97 Å². The molecule has 0 aliphatic rings. The predicted molar refractivity (Wildman–Crippen MR) is 54.1 cm³/mol. The smallest absolute Gasteiger partial charge is 0.319 e. The minimum absolute atomic E-state index is 0.132. The third-order valence-corrected chi connectivity index (χ3v) is 1.93. The second-order valence-corrected chi connectivity index (χ2v) is 3.09. The molecule has 82 valence electrons. The van der Waals surface area contributed by atoms with Crippen LogP contribution < -0.4 is 9.47 Å². The topological polar surface area (TPSA) is 61.3 Å². The summed E-state index contributed by atoms with van der Waals surface area (Å²) < 4.78 is 9.95. The Bertz CT molecular complexity index is 353. The van der Waals surface area contributed by atoms with E-state index in [0.29, 0.717) is 18.7 Å². The van der Waals surface area contributed by atoms with Crippen LogP contribution in [0.5, 0.6) is 11.9 Å². The first-order valence-electron chi connectivity index (χ1n) is 4.60. The van der Waals surface area contributed by atoms with Crippen LogP contribution in [-0.4, -0.2) is 30.0 Å². The average molecular weight is 210 g/mol. The number of carbonyl (C=O) groups is 1. The quantitative estimate of drug-likeness (QED) is 0.726. The molecule has 1 aromatic rings. The highest BCUT2D eigenvalue weighted by Crippen LogP contribution is 2.18. The summed E-state index contributed by atoms with van der Waals surface area (Å²) in [5.41, 5.74) is 0.813. The van der Waals surface area contributed by atoms with Gasteiger partial charge < -0.3 is 14.3 Å². The zero-order chi connectivity index (χ0) is 11.3. The SMILES string of the molecule is COc1ncc(CCC(C)=O)c(OC)n1. The highest BCUT2D eigenvalue weighted by Gasteiger charge is 2.08. The summed E-state index contributed by atoms with van der Waals surface area (Å²) >= 11 is 0. The average Bonchev–Trinajstić information content (AvgIpc) is 2.25. The van der Waals surface area contributed by atoms with Gasteiger partial charge in [-0.05, 0) is 13.3 Å². The van der Waals surface area contributed by atoms with Crippen LogP contribution in [0.4, 0.5) is 0 Å². The van der Waals surface area contributed by atoms with Crippen molar-refractivity contribution < 1.29 is 14.3 Å². The molecule has 0 amide bonds. The number of hydrogen-bond donors (Lipinski definition) is 0. The molecule has 0 aliphatic carbocycles. The molecular formula is C10H14N2O3. The Labute approximate surface area is 88.4 Å². The monoisotopic (exact) mass is 210 g/mol. The molecule has 0 bridgehead atoms. The number of methoxy groups -OCH3 is 2. The van der Waals surface area contributed by atoms with Crippen molar-refractivity contribution in [3.05, 3.63) is 11.8 Å². The lowest BCUT2D eigenvalue weighted by atomic mass is 10.1. The Morgan fingerprint density at radius 3 is 2.67 bits per heavy atom. The molecule has 0 fully saturated rings. The molecule has 0 N–H and O–H groups in total. The number of hydrogen-bond acceptors (Lipinski definition) is 5. The first-order chi connectivity index (χ1) is 7.17. The lowest BCUT2D eigenvalue weighted by Gasteiger charge is -2.06. The van der Waals surface area contributed by atoms with E-state index >= 15 is 0 Å². The summed E-state index contributed by atoms with van der Waals surface area (Å²) in [5.74, 6) is 0.593. The van der Waals surface area contributed by atoms with Gasteiger partial charge in [-0.2, -0.15) is 4.98 Å². The minimum Gasteiger partial charge on any atom is -0.481 e. The van der Waals surface area contributed by atoms with Gasteiger partial charge in [-0.1, -0.05) is 0 Å². The second kappa shape index (κ2) is 5.29. The van der Waals surface area contributed by atoms with E-state index in [4.69, 9.17) is 9.47 Å². The Kier molecular flexibility index (Phi) is 4.03. The van der Waals surface area contributed by atoms with Crippen LogP contribution in [0.15, 0.2) is 6.20 Å². The van der Waals surface area contributed by atoms with Crippen molar-refractivity contribution in [3.8, 4) is 11.9 Å². The minimum atomic E-state index is 0.132. The summed E-state index contributed by atoms with van der Waals surface area (Å²) in [6.45, 7) is 1.55. The molecule has 0 saturated heterocycles. The molecule has 1 heterocycles. The molecule has 15 heavy (non-hydrogen) atoms. The maximum absolute atomic E-state index is 10.8. The van der Waals surface area contributed by atoms with E-state index in [0.717, 1.165) is 5.56 Å². The fourth-order valence-corrected chi connectivity index (χ4v) is 1.13. The summed E-state index contributed by atoms with van der Waals surface area (Å²) in [4.78, 5) is 18.8. The summed E-state index contributed by atoms with van der Waals surface area (Å²) in [7, 11) is 3.02. The maximum Gasteiger partial charge on any atom is 0.319 e. The third-order valence-electron chi connectivity index (χ3n) is 1.93. The summed E-state index contributed by atoms with van der Waals surface area (Å²) in [5, 5.41) is 0. The van der Waals surface area contributed by atoms with E-state index in [-0.39, 0.29) is 11.8 Å². The number of ketones is 1. The predicted octanol–water partition coefficient (Wildman–Crippen LogP) is 1.02. The van der Waals surface area contributed by atoms with E-state index in [1.54, 1.807) is 13.1 Å². The first-order valence-corrected chi connectivity index (χ1v) is 4.60. The van der Waals surface area contributed by atoms with Gasteiger partial charge in [0.2, 0.25) is 5.88 Å². The molecule has 0 aromatic carbocycles. The molecule has 0 unspecified atom stereocenters. The van der Waals surface area contributed by atoms with Gasteiger partial charge in [0.15, 0.2) is 0 Å². The standard InChI is InChI=1S/C10H14N2O3/c1-7(13)4-5-8-6-11-10(15-3)12-9(8)14-2/h6H,4-5H2,1-3H3. The van der Waals surface area contributed by atoms with Crippen molar-refractivity contribution in [2.75, 3.05) is 14.2 Å². The van der Waals surface area contributed by atoms with E-state index in [1.165, 1.54) is 14.2 Å². The molecule has 5 heteroatoms. The number of carbonyl (C=O) groups excluding carboxylic acids is 1. The van der Waals surface area contributed by atoms with Gasteiger partial charge in [0.25, 0.3) is 0 Å². The summed E-state index contributed by atoms with van der Waals surface area (Å²) in [6.07, 6.45) is 2.67. The Balaban J connectivity index is 2.82. The molecule has 0 saturated carbocycles. The number of nitrogens with zero attached hydrogens (tertiary/aromatic N) is 2. The number of rotatable bonds is 5. The second-order valence-electron chi connectivity index (χ2n) is 3.09. The molecule has 0 aliphatic heterocycles. The van der Waals surface area contributed by atoms with Gasteiger partial charge >= 0.3 is 6.01 Å². The highest BCUT2D eigenvalue weighted by molar-refractivity contribution is 5.75. The van der Waals surface area contributed by atoms with Gasteiger partial charge in [-0.15, -0.1) is 0 Å². The van der Waals surface area contributed by atoms with Gasteiger partial charge in [-0.3, -0.25) is 0 Å². The molecular weight excluding hydrogens is 196 g/mol. The van der Waals surface area contributed by atoms with Crippen molar-refractivity contribution >= 4 is 5.78 Å². The molecule has 5 nitrogen and oxygen atoms in total. The van der Waals surface area contributed by atoms with Crippen LogP contribution >= 0.6 is 0 Å². The number of aryl methyl sites for hydroxylation is 1. The lowest BCUT2D eigenvalue weighted by Crippen LogP contribution is -2.02. The summed E-state index contributed by atoms with van der Waals surface area (Å²) in [6, 6.07) is 0.262. The fraction of sp³-hybridized carbons (Fsp3) is 0.500. The van der Waals surface area contributed by atoms with Crippen molar-refractivity contribution in [1.82, 2.24) is 9.97 Å². The van der Waals surface area contributed by atoms with Crippen LogP contribution in [0.2, 0.25) is 0 Å².